The van der Waals surface area contributed by atoms with Gasteiger partial charge in [-0.15, -0.1) is 0 Å². The number of carbonyl (C=O) groups excluding carboxylic acids is 1. The van der Waals surface area contributed by atoms with Crippen molar-refractivity contribution in [2.45, 2.75) is 33.7 Å². The molecule has 13 heavy (non-hydrogen) atoms. The van der Waals surface area contributed by atoms with Crippen LogP contribution in [0.15, 0.2) is 0 Å². The van der Waals surface area contributed by atoms with Crippen LogP contribution in [0, 0.1) is 0 Å². The first kappa shape index (κ1) is 12.4. The van der Waals surface area contributed by atoms with Gasteiger partial charge in [0.1, 0.15) is 0 Å². The second-order valence-electron chi connectivity index (χ2n) is 3.29. The summed E-state index contributed by atoms with van der Waals surface area (Å²) in [6.45, 7) is 10.6. The maximum atomic E-state index is 11.0. The minimum absolute atomic E-state index is 0.199. The van der Waals surface area contributed by atoms with E-state index in [1.807, 2.05) is 18.7 Å². The lowest BCUT2D eigenvalue weighted by atomic mass is 10.2. The van der Waals surface area contributed by atoms with Crippen LogP contribution in [0.3, 0.4) is 0 Å². The highest BCUT2D eigenvalue weighted by molar-refractivity contribution is 5.73. The summed E-state index contributed by atoms with van der Waals surface area (Å²) in [5.74, 6) is 0.199. The first-order valence-corrected chi connectivity index (χ1v) is 5.07. The molecule has 0 aliphatic carbocycles. The van der Waals surface area contributed by atoms with Crippen LogP contribution in [0.4, 0.5) is 0 Å². The van der Waals surface area contributed by atoms with Crippen molar-refractivity contribution in [3.05, 3.63) is 0 Å². The fourth-order valence-electron chi connectivity index (χ4n) is 1.33. The van der Waals surface area contributed by atoms with E-state index < -0.39 is 0 Å². The Morgan fingerprint density at radius 2 is 1.85 bits per heavy atom. The Kier molecular flexibility index (Phi) is 5.71. The SMILES string of the molecule is CC.CC(=O)N1CCN(C)C(C)C1. The van der Waals surface area contributed by atoms with Gasteiger partial charge < -0.3 is 9.80 Å². The van der Waals surface area contributed by atoms with Crippen LogP contribution >= 0.6 is 0 Å². The van der Waals surface area contributed by atoms with Gasteiger partial charge >= 0.3 is 0 Å². The van der Waals surface area contributed by atoms with E-state index in [1.165, 1.54) is 0 Å². The Hall–Kier alpha value is -0.570. The zero-order valence-electron chi connectivity index (χ0n) is 9.50. The van der Waals surface area contributed by atoms with Gasteiger partial charge in [-0.2, -0.15) is 0 Å². The summed E-state index contributed by atoms with van der Waals surface area (Å²) in [4.78, 5) is 15.1. The van der Waals surface area contributed by atoms with Crippen LogP contribution < -0.4 is 0 Å². The maximum absolute atomic E-state index is 11.0. The van der Waals surface area contributed by atoms with Crippen LogP contribution in [0.25, 0.3) is 0 Å². The van der Waals surface area contributed by atoms with Crippen LogP contribution in [-0.4, -0.2) is 48.4 Å². The van der Waals surface area contributed by atoms with Gasteiger partial charge in [0.2, 0.25) is 5.91 Å². The van der Waals surface area contributed by atoms with Crippen molar-refractivity contribution in [3.63, 3.8) is 0 Å². The molecule has 3 nitrogen and oxygen atoms in total. The predicted octanol–water partition coefficient (Wildman–Crippen LogP) is 1.19. The molecule has 78 valence electrons. The number of piperazine rings is 1. The lowest BCUT2D eigenvalue weighted by Gasteiger charge is -2.37. The minimum atomic E-state index is 0.199. The van der Waals surface area contributed by atoms with E-state index in [-0.39, 0.29) is 5.91 Å². The van der Waals surface area contributed by atoms with Crippen molar-refractivity contribution in [1.29, 1.82) is 0 Å². The van der Waals surface area contributed by atoms with Gasteiger partial charge in [0.15, 0.2) is 0 Å². The van der Waals surface area contributed by atoms with Gasteiger partial charge in [-0.1, -0.05) is 13.8 Å². The molecule has 1 unspecified atom stereocenters. The molecule has 0 aromatic carbocycles. The molecule has 0 bridgehead atoms. The Labute approximate surface area is 81.7 Å². The highest BCUT2D eigenvalue weighted by Crippen LogP contribution is 2.06. The number of hydrogen-bond donors (Lipinski definition) is 0. The first-order valence-electron chi connectivity index (χ1n) is 5.07. The van der Waals surface area contributed by atoms with Gasteiger partial charge in [-0.05, 0) is 14.0 Å². The highest BCUT2D eigenvalue weighted by atomic mass is 16.2. The van der Waals surface area contributed by atoms with Gasteiger partial charge in [0.05, 0.1) is 0 Å². The second kappa shape index (κ2) is 5.97. The van der Waals surface area contributed by atoms with Crippen molar-refractivity contribution in [2.24, 2.45) is 0 Å². The molecule has 1 aliphatic heterocycles. The molecule has 1 aliphatic rings. The summed E-state index contributed by atoms with van der Waals surface area (Å²) in [7, 11) is 2.10. The fraction of sp³-hybridized carbons (Fsp3) is 0.900. The van der Waals surface area contributed by atoms with Gasteiger partial charge in [-0.25, -0.2) is 0 Å². The van der Waals surface area contributed by atoms with Crippen LogP contribution in [0.1, 0.15) is 27.7 Å². The van der Waals surface area contributed by atoms with Gasteiger partial charge in [-0.3, -0.25) is 4.79 Å². The van der Waals surface area contributed by atoms with E-state index in [2.05, 4.69) is 18.9 Å². The van der Waals surface area contributed by atoms with Crippen LogP contribution in [0.5, 0.6) is 0 Å². The fourth-order valence-corrected chi connectivity index (χ4v) is 1.33. The van der Waals surface area contributed by atoms with Gasteiger partial charge in [0.25, 0.3) is 0 Å². The third-order valence-electron chi connectivity index (χ3n) is 2.41. The molecule has 0 aromatic rings. The van der Waals surface area contributed by atoms with Crippen molar-refractivity contribution < 1.29 is 4.79 Å². The van der Waals surface area contributed by atoms with Crippen molar-refractivity contribution in [1.82, 2.24) is 9.80 Å². The monoisotopic (exact) mass is 186 g/mol. The molecule has 1 saturated heterocycles. The number of carbonyl (C=O) groups is 1. The smallest absolute Gasteiger partial charge is 0.219 e. The molecule has 1 fully saturated rings. The van der Waals surface area contributed by atoms with Crippen LogP contribution in [-0.2, 0) is 4.79 Å². The molecule has 0 aromatic heterocycles. The Bertz CT molecular complexity index is 159. The van der Waals surface area contributed by atoms with E-state index in [4.69, 9.17) is 0 Å². The normalized spacial score (nSPS) is 23.5. The Morgan fingerprint density at radius 3 is 2.23 bits per heavy atom. The molecule has 0 spiro atoms. The summed E-state index contributed by atoms with van der Waals surface area (Å²) in [5.41, 5.74) is 0. The van der Waals surface area contributed by atoms with Crippen molar-refractivity contribution in [2.75, 3.05) is 26.7 Å². The number of amides is 1. The molecule has 1 amide bonds. The average Bonchev–Trinajstić information content (AvgIpc) is 2.13. The quantitative estimate of drug-likeness (QED) is 0.567. The molecular formula is C10H22N2O. The molecule has 3 heteroatoms. The lowest BCUT2D eigenvalue weighted by Crippen LogP contribution is -2.51. The van der Waals surface area contributed by atoms with Crippen molar-refractivity contribution in [3.8, 4) is 0 Å². The van der Waals surface area contributed by atoms with E-state index in [0.29, 0.717) is 6.04 Å². The average molecular weight is 186 g/mol. The summed E-state index contributed by atoms with van der Waals surface area (Å²) in [6, 6.07) is 0.507. The topological polar surface area (TPSA) is 23.6 Å². The molecule has 1 atom stereocenters. The maximum Gasteiger partial charge on any atom is 0.219 e. The molecule has 0 radical (unpaired) electrons. The Morgan fingerprint density at radius 1 is 1.31 bits per heavy atom. The summed E-state index contributed by atoms with van der Waals surface area (Å²) in [6.07, 6.45) is 0. The third-order valence-corrected chi connectivity index (χ3v) is 2.41. The Balaban J connectivity index is 0.000000671. The van der Waals surface area contributed by atoms with E-state index in [1.54, 1.807) is 6.92 Å². The van der Waals surface area contributed by atoms with E-state index in [0.717, 1.165) is 19.6 Å². The molecule has 0 saturated carbocycles. The number of likely N-dealkylation sites (N-methyl/N-ethyl adjacent to an activating group) is 1. The third kappa shape index (κ3) is 3.77. The van der Waals surface area contributed by atoms with Crippen molar-refractivity contribution >= 4 is 5.91 Å². The standard InChI is InChI=1S/C8H16N2O.C2H6/c1-7-6-10(8(2)11)5-4-9(7)3;1-2/h7H,4-6H2,1-3H3;1-2H3. The first-order chi connectivity index (χ1) is 6.11. The molecule has 1 heterocycles. The summed E-state index contributed by atoms with van der Waals surface area (Å²) < 4.78 is 0. The predicted molar refractivity (Wildman–Crippen MR) is 55.7 cm³/mol. The van der Waals surface area contributed by atoms with E-state index in [9.17, 15) is 4.79 Å². The number of hydrogen-bond acceptors (Lipinski definition) is 2. The molecule has 0 N–H and O–H groups in total. The van der Waals surface area contributed by atoms with Gasteiger partial charge in [0, 0.05) is 32.6 Å². The number of nitrogens with zero attached hydrogens (tertiary/aromatic N) is 2. The minimum Gasteiger partial charge on any atom is -0.340 e. The second-order valence-corrected chi connectivity index (χ2v) is 3.29. The molecular weight excluding hydrogens is 164 g/mol. The largest absolute Gasteiger partial charge is 0.340 e. The lowest BCUT2D eigenvalue weighted by molar-refractivity contribution is -0.131. The number of rotatable bonds is 0. The highest BCUT2D eigenvalue weighted by Gasteiger charge is 2.21. The summed E-state index contributed by atoms with van der Waals surface area (Å²) >= 11 is 0. The zero-order valence-corrected chi connectivity index (χ0v) is 9.50. The summed E-state index contributed by atoms with van der Waals surface area (Å²) in [5, 5.41) is 0. The van der Waals surface area contributed by atoms with Crippen LogP contribution in [0.2, 0.25) is 0 Å². The molecule has 1 rings (SSSR count). The van der Waals surface area contributed by atoms with E-state index >= 15 is 0 Å². The zero-order chi connectivity index (χ0) is 10.4.